The lowest BCUT2D eigenvalue weighted by molar-refractivity contribution is 0.808. The monoisotopic (exact) mass is 319 g/mol. The van der Waals surface area contributed by atoms with Gasteiger partial charge in [-0.1, -0.05) is 23.2 Å². The van der Waals surface area contributed by atoms with Gasteiger partial charge < -0.3 is 5.32 Å². The van der Waals surface area contributed by atoms with Gasteiger partial charge in [-0.25, -0.2) is 14.6 Å². The molecule has 0 amide bonds. The maximum absolute atomic E-state index is 6.12. The third-order valence-corrected chi connectivity index (χ3v) is 3.43. The molecule has 3 rings (SSSR count). The van der Waals surface area contributed by atoms with Gasteiger partial charge in [0.1, 0.15) is 0 Å². The van der Waals surface area contributed by atoms with E-state index in [9.17, 15) is 0 Å². The van der Waals surface area contributed by atoms with E-state index in [2.05, 4.69) is 20.4 Å². The first kappa shape index (κ1) is 13.9. The van der Waals surface area contributed by atoms with E-state index < -0.39 is 0 Å². The smallest absolute Gasteiger partial charge is 0.250 e. The first-order valence-electron chi connectivity index (χ1n) is 6.22. The molecule has 0 radical (unpaired) electrons. The number of hydrogen-bond acceptors (Lipinski definition) is 4. The van der Waals surface area contributed by atoms with Gasteiger partial charge in [0.05, 0.1) is 18.1 Å². The van der Waals surface area contributed by atoms with Gasteiger partial charge in [-0.05, 0) is 29.8 Å². The predicted molar refractivity (Wildman–Crippen MR) is 82.9 cm³/mol. The van der Waals surface area contributed by atoms with Crippen LogP contribution in [0, 0.1) is 0 Å². The number of nitrogens with zero attached hydrogens (tertiary/aromatic N) is 4. The van der Waals surface area contributed by atoms with Crippen LogP contribution in [-0.2, 0) is 6.54 Å². The second kappa shape index (κ2) is 6.11. The number of anilines is 1. The van der Waals surface area contributed by atoms with E-state index in [1.165, 1.54) is 0 Å². The van der Waals surface area contributed by atoms with Gasteiger partial charge >= 0.3 is 0 Å². The number of aromatic nitrogens is 4. The van der Waals surface area contributed by atoms with E-state index in [1.54, 1.807) is 41.5 Å². The van der Waals surface area contributed by atoms with Crippen molar-refractivity contribution in [2.24, 2.45) is 0 Å². The Balaban J connectivity index is 1.72. The second-order valence-corrected chi connectivity index (χ2v) is 5.16. The molecule has 106 valence electrons. The lowest BCUT2D eigenvalue weighted by Gasteiger charge is -2.06. The van der Waals surface area contributed by atoms with Crippen LogP contribution in [0.5, 0.6) is 0 Å². The van der Waals surface area contributed by atoms with Crippen LogP contribution in [0.2, 0.25) is 10.0 Å². The molecule has 0 aliphatic rings. The fourth-order valence-electron chi connectivity index (χ4n) is 1.81. The molecular formula is C14H11Cl2N5. The zero-order valence-corrected chi connectivity index (χ0v) is 12.4. The highest BCUT2D eigenvalue weighted by molar-refractivity contribution is 6.33. The van der Waals surface area contributed by atoms with Crippen LogP contribution in [0.3, 0.4) is 0 Å². The summed E-state index contributed by atoms with van der Waals surface area (Å²) >= 11 is 12.1. The molecule has 0 unspecified atom stereocenters. The zero-order chi connectivity index (χ0) is 14.7. The Morgan fingerprint density at radius 3 is 2.76 bits per heavy atom. The summed E-state index contributed by atoms with van der Waals surface area (Å²) in [5.74, 6) is 0.520. The van der Waals surface area contributed by atoms with Crippen LogP contribution in [0.1, 0.15) is 5.56 Å². The van der Waals surface area contributed by atoms with Gasteiger partial charge in [0.2, 0.25) is 5.95 Å². The van der Waals surface area contributed by atoms with Crippen LogP contribution >= 0.6 is 23.2 Å². The average molecular weight is 320 g/mol. The van der Waals surface area contributed by atoms with Gasteiger partial charge in [0.15, 0.2) is 0 Å². The number of nitrogens with one attached hydrogen (secondary N) is 1. The minimum absolute atomic E-state index is 0.520. The molecule has 21 heavy (non-hydrogen) atoms. The Labute approximate surface area is 131 Å². The van der Waals surface area contributed by atoms with Crippen molar-refractivity contribution in [2.75, 3.05) is 5.32 Å². The van der Waals surface area contributed by atoms with Gasteiger partial charge in [-0.3, -0.25) is 0 Å². The largest absolute Gasteiger partial charge is 0.378 e. The van der Waals surface area contributed by atoms with E-state index in [1.807, 2.05) is 12.3 Å². The highest BCUT2D eigenvalue weighted by atomic mass is 35.5. The Hall–Kier alpha value is -2.11. The third-order valence-electron chi connectivity index (χ3n) is 2.83. The molecule has 2 aromatic heterocycles. The quantitative estimate of drug-likeness (QED) is 0.798. The molecule has 1 aromatic carbocycles. The molecule has 5 nitrogen and oxygen atoms in total. The number of halogens is 2. The van der Waals surface area contributed by atoms with Crippen molar-refractivity contribution in [2.45, 2.75) is 6.54 Å². The summed E-state index contributed by atoms with van der Waals surface area (Å²) in [6, 6.07) is 7.13. The number of hydrogen-bond donors (Lipinski definition) is 1. The molecule has 0 atom stereocenters. The van der Waals surface area contributed by atoms with Gasteiger partial charge in [-0.15, -0.1) is 0 Å². The maximum Gasteiger partial charge on any atom is 0.250 e. The fraction of sp³-hybridized carbons (Fsp3) is 0.0714. The number of benzene rings is 1. The standard InChI is InChI=1S/C14H11Cl2N5/c15-11-2-3-13(16)10(6-11)7-19-12-8-20-21(9-12)14-17-4-1-5-18-14/h1-6,8-9,19H,7H2. The summed E-state index contributed by atoms with van der Waals surface area (Å²) < 4.78 is 1.60. The topological polar surface area (TPSA) is 55.6 Å². The highest BCUT2D eigenvalue weighted by Crippen LogP contribution is 2.21. The van der Waals surface area contributed by atoms with E-state index in [4.69, 9.17) is 23.2 Å². The van der Waals surface area contributed by atoms with Crippen LogP contribution in [0.15, 0.2) is 49.1 Å². The van der Waals surface area contributed by atoms with Crippen molar-refractivity contribution in [3.8, 4) is 5.95 Å². The SMILES string of the molecule is Clc1ccc(Cl)c(CNc2cnn(-c3ncccn3)c2)c1. The average Bonchev–Trinajstić information content (AvgIpc) is 2.98. The highest BCUT2D eigenvalue weighted by Gasteiger charge is 2.05. The molecule has 0 aliphatic heterocycles. The molecule has 0 spiro atoms. The Bertz CT molecular complexity index is 742. The van der Waals surface area contributed by atoms with Crippen LogP contribution in [0.4, 0.5) is 5.69 Å². The van der Waals surface area contributed by atoms with E-state index in [0.29, 0.717) is 22.5 Å². The van der Waals surface area contributed by atoms with Gasteiger partial charge in [0, 0.05) is 29.0 Å². The first-order chi connectivity index (χ1) is 10.2. The van der Waals surface area contributed by atoms with Gasteiger partial charge in [0.25, 0.3) is 0 Å². The van der Waals surface area contributed by atoms with Crippen LogP contribution < -0.4 is 5.32 Å². The van der Waals surface area contributed by atoms with Crippen molar-refractivity contribution in [3.63, 3.8) is 0 Å². The molecular weight excluding hydrogens is 309 g/mol. The molecule has 0 aliphatic carbocycles. The van der Waals surface area contributed by atoms with E-state index in [-0.39, 0.29) is 0 Å². The molecule has 7 heteroatoms. The first-order valence-corrected chi connectivity index (χ1v) is 6.98. The molecule has 0 saturated heterocycles. The summed E-state index contributed by atoms with van der Waals surface area (Å²) in [7, 11) is 0. The second-order valence-electron chi connectivity index (χ2n) is 4.31. The third kappa shape index (κ3) is 3.32. The Morgan fingerprint density at radius 2 is 1.95 bits per heavy atom. The molecule has 1 N–H and O–H groups in total. The molecule has 0 saturated carbocycles. The van der Waals surface area contributed by atoms with Crippen LogP contribution in [0.25, 0.3) is 5.95 Å². The minimum Gasteiger partial charge on any atom is -0.378 e. The van der Waals surface area contributed by atoms with E-state index in [0.717, 1.165) is 11.3 Å². The van der Waals surface area contributed by atoms with Crippen molar-refractivity contribution >= 4 is 28.9 Å². The zero-order valence-electron chi connectivity index (χ0n) is 10.9. The Morgan fingerprint density at radius 1 is 1.14 bits per heavy atom. The summed E-state index contributed by atoms with van der Waals surface area (Å²) in [5.41, 5.74) is 1.77. The molecule has 3 aromatic rings. The fourth-order valence-corrected chi connectivity index (χ4v) is 2.19. The number of rotatable bonds is 4. The van der Waals surface area contributed by atoms with Gasteiger partial charge in [-0.2, -0.15) is 5.10 Å². The summed E-state index contributed by atoms with van der Waals surface area (Å²) in [4.78, 5) is 8.26. The van der Waals surface area contributed by atoms with E-state index >= 15 is 0 Å². The van der Waals surface area contributed by atoms with Crippen molar-refractivity contribution in [1.82, 2.24) is 19.7 Å². The summed E-state index contributed by atoms with van der Waals surface area (Å²) in [6.07, 6.45) is 6.86. The van der Waals surface area contributed by atoms with Crippen LogP contribution in [-0.4, -0.2) is 19.7 Å². The molecule has 0 fully saturated rings. The lowest BCUT2D eigenvalue weighted by atomic mass is 10.2. The lowest BCUT2D eigenvalue weighted by Crippen LogP contribution is -2.01. The van der Waals surface area contributed by atoms with Crippen molar-refractivity contribution in [1.29, 1.82) is 0 Å². The summed E-state index contributed by atoms with van der Waals surface area (Å²) in [5, 5.41) is 8.77. The van der Waals surface area contributed by atoms with Crippen molar-refractivity contribution < 1.29 is 0 Å². The normalized spacial score (nSPS) is 10.6. The Kier molecular flexibility index (Phi) is 4.03. The predicted octanol–water partition coefficient (Wildman–Crippen LogP) is 3.58. The molecule has 0 bridgehead atoms. The minimum atomic E-state index is 0.520. The summed E-state index contributed by atoms with van der Waals surface area (Å²) in [6.45, 7) is 0.556. The maximum atomic E-state index is 6.12. The van der Waals surface area contributed by atoms with Crippen molar-refractivity contribution in [3.05, 3.63) is 64.7 Å². The molecule has 2 heterocycles.